The van der Waals surface area contributed by atoms with E-state index in [0.29, 0.717) is 24.9 Å². The van der Waals surface area contributed by atoms with E-state index in [2.05, 4.69) is 11.7 Å². The number of guanidine groups is 1. The van der Waals surface area contributed by atoms with Gasteiger partial charge < -0.3 is 14.5 Å². The molecule has 19 heavy (non-hydrogen) atoms. The van der Waals surface area contributed by atoms with Gasteiger partial charge in [0.25, 0.3) is 0 Å². The monoisotopic (exact) mass is 266 g/mol. The highest BCUT2D eigenvalue weighted by atomic mass is 16.6. The van der Waals surface area contributed by atoms with Crippen LogP contribution in [0.25, 0.3) is 0 Å². The summed E-state index contributed by atoms with van der Waals surface area (Å²) in [7, 11) is 0. The lowest BCUT2D eigenvalue weighted by atomic mass is 10.0. The third-order valence-electron chi connectivity index (χ3n) is 3.59. The minimum Gasteiger partial charge on any atom is -0.444 e. The fourth-order valence-corrected chi connectivity index (χ4v) is 2.74. The zero-order valence-electron chi connectivity index (χ0n) is 11.8. The number of hydrogen-bond donors (Lipinski definition) is 1. The van der Waals surface area contributed by atoms with Gasteiger partial charge in [0.15, 0.2) is 0 Å². The normalized spacial score (nSPS) is 26.3. The van der Waals surface area contributed by atoms with E-state index < -0.39 is 5.60 Å². The van der Waals surface area contributed by atoms with E-state index in [1.165, 1.54) is 0 Å². The molecule has 6 heteroatoms. The topological polar surface area (TPSA) is 69.0 Å². The van der Waals surface area contributed by atoms with Crippen molar-refractivity contribution in [1.82, 2.24) is 9.80 Å². The molecule has 0 bridgehead atoms. The van der Waals surface area contributed by atoms with E-state index in [1.54, 1.807) is 4.90 Å². The number of nitrogens with zero attached hydrogens (tertiary/aromatic N) is 3. The summed E-state index contributed by atoms with van der Waals surface area (Å²) in [6.07, 6.45) is -0.231. The van der Waals surface area contributed by atoms with Gasteiger partial charge in [-0.25, -0.2) is 9.79 Å². The molecule has 106 valence electrons. The Balaban J connectivity index is 1.89. The third kappa shape index (κ3) is 3.05. The number of amides is 1. The van der Waals surface area contributed by atoms with Gasteiger partial charge in [-0.3, -0.25) is 5.41 Å². The Bertz CT molecular complexity index is 388. The van der Waals surface area contributed by atoms with Crippen molar-refractivity contribution >= 4 is 18.8 Å². The van der Waals surface area contributed by atoms with Gasteiger partial charge in [-0.05, 0) is 27.5 Å². The standard InChI is InChI=1S/C13H22N4O2/c1-13(2,3)19-12(18)17-7-9-5-16(11(14)15-4)6-10(9)8-17/h9-10,14H,4-8H2,1-3H3. The fourth-order valence-electron chi connectivity index (χ4n) is 2.74. The Morgan fingerprint density at radius 2 is 1.68 bits per heavy atom. The first-order valence-corrected chi connectivity index (χ1v) is 6.58. The second-order valence-corrected chi connectivity index (χ2v) is 6.29. The molecule has 2 aliphatic rings. The summed E-state index contributed by atoms with van der Waals surface area (Å²) in [6.45, 7) is 12.0. The van der Waals surface area contributed by atoms with Crippen LogP contribution in [-0.4, -0.2) is 60.4 Å². The van der Waals surface area contributed by atoms with Crippen LogP contribution in [0.2, 0.25) is 0 Å². The first-order chi connectivity index (χ1) is 8.80. The van der Waals surface area contributed by atoms with Crippen molar-refractivity contribution in [2.24, 2.45) is 16.8 Å². The Morgan fingerprint density at radius 3 is 2.11 bits per heavy atom. The summed E-state index contributed by atoms with van der Waals surface area (Å²) in [5.41, 5.74) is -0.449. The molecule has 2 saturated heterocycles. The third-order valence-corrected chi connectivity index (χ3v) is 3.59. The highest BCUT2D eigenvalue weighted by molar-refractivity contribution is 5.81. The van der Waals surface area contributed by atoms with Crippen LogP contribution in [0.4, 0.5) is 4.79 Å². The van der Waals surface area contributed by atoms with Crippen LogP contribution in [0.1, 0.15) is 20.8 Å². The van der Waals surface area contributed by atoms with E-state index in [0.717, 1.165) is 13.1 Å². The van der Waals surface area contributed by atoms with E-state index in [1.807, 2.05) is 25.7 Å². The number of carbonyl (C=O) groups is 1. The van der Waals surface area contributed by atoms with E-state index >= 15 is 0 Å². The average molecular weight is 266 g/mol. The van der Waals surface area contributed by atoms with Gasteiger partial charge in [0, 0.05) is 38.0 Å². The Labute approximate surface area is 113 Å². The summed E-state index contributed by atoms with van der Waals surface area (Å²) >= 11 is 0. The molecule has 2 aliphatic heterocycles. The summed E-state index contributed by atoms with van der Waals surface area (Å²) < 4.78 is 5.38. The second kappa shape index (κ2) is 4.83. The lowest BCUT2D eigenvalue weighted by Gasteiger charge is -2.26. The zero-order valence-corrected chi connectivity index (χ0v) is 11.8. The molecule has 0 radical (unpaired) electrons. The number of aliphatic imine (C=N–C) groups is 1. The lowest BCUT2D eigenvalue weighted by molar-refractivity contribution is 0.0278. The van der Waals surface area contributed by atoms with Crippen molar-refractivity contribution in [2.45, 2.75) is 26.4 Å². The van der Waals surface area contributed by atoms with Crippen LogP contribution >= 0.6 is 0 Å². The Hall–Kier alpha value is -1.59. The smallest absolute Gasteiger partial charge is 0.410 e. The van der Waals surface area contributed by atoms with Gasteiger partial charge in [0.1, 0.15) is 5.60 Å². The van der Waals surface area contributed by atoms with Gasteiger partial charge in [0.05, 0.1) is 0 Å². The molecule has 0 aromatic heterocycles. The predicted molar refractivity (Wildman–Crippen MR) is 73.6 cm³/mol. The van der Waals surface area contributed by atoms with E-state index in [4.69, 9.17) is 10.1 Å². The number of carbonyl (C=O) groups excluding carboxylic acids is 1. The van der Waals surface area contributed by atoms with Crippen LogP contribution in [0, 0.1) is 17.2 Å². The lowest BCUT2D eigenvalue weighted by Crippen LogP contribution is -2.38. The number of fused-ring (bicyclic) bond motifs is 1. The maximum Gasteiger partial charge on any atom is 0.410 e. The number of nitrogens with one attached hydrogen (secondary N) is 1. The zero-order chi connectivity index (χ0) is 14.2. The minimum absolute atomic E-state index is 0.231. The predicted octanol–water partition coefficient (Wildman–Crippen LogP) is 1.42. The molecular formula is C13H22N4O2. The van der Waals surface area contributed by atoms with Crippen LogP contribution in [0.5, 0.6) is 0 Å². The van der Waals surface area contributed by atoms with Gasteiger partial charge in [-0.2, -0.15) is 0 Å². The molecule has 0 aromatic carbocycles. The van der Waals surface area contributed by atoms with E-state index in [9.17, 15) is 4.79 Å². The summed E-state index contributed by atoms with van der Waals surface area (Å²) in [4.78, 5) is 19.3. The van der Waals surface area contributed by atoms with Crippen LogP contribution < -0.4 is 0 Å². The van der Waals surface area contributed by atoms with Gasteiger partial charge in [-0.1, -0.05) is 0 Å². The van der Waals surface area contributed by atoms with Gasteiger partial charge in [-0.15, -0.1) is 0 Å². The molecule has 0 aliphatic carbocycles. The molecule has 0 aromatic rings. The molecule has 2 atom stereocenters. The van der Waals surface area contributed by atoms with Crippen molar-refractivity contribution < 1.29 is 9.53 Å². The molecule has 0 saturated carbocycles. The molecule has 1 N–H and O–H groups in total. The molecule has 2 rings (SSSR count). The van der Waals surface area contributed by atoms with Crippen molar-refractivity contribution in [2.75, 3.05) is 26.2 Å². The summed E-state index contributed by atoms with van der Waals surface area (Å²) in [5.74, 6) is 1.06. The molecule has 1 amide bonds. The SMILES string of the molecule is C=NC(=N)N1CC2CN(C(=O)OC(C)(C)C)CC2C1. The van der Waals surface area contributed by atoms with E-state index in [-0.39, 0.29) is 12.1 Å². The number of hydrogen-bond acceptors (Lipinski definition) is 3. The molecule has 2 unspecified atom stereocenters. The maximum absolute atomic E-state index is 12.0. The second-order valence-electron chi connectivity index (χ2n) is 6.29. The number of likely N-dealkylation sites (tertiary alicyclic amines) is 2. The quantitative estimate of drug-likeness (QED) is 0.532. The largest absolute Gasteiger partial charge is 0.444 e. The molecule has 2 fully saturated rings. The van der Waals surface area contributed by atoms with Gasteiger partial charge >= 0.3 is 6.09 Å². The van der Waals surface area contributed by atoms with Crippen molar-refractivity contribution in [3.05, 3.63) is 0 Å². The molecule has 2 heterocycles. The average Bonchev–Trinajstić information content (AvgIpc) is 2.82. The van der Waals surface area contributed by atoms with Crippen molar-refractivity contribution in [3.8, 4) is 0 Å². The maximum atomic E-state index is 12.0. The fraction of sp³-hybridized carbons (Fsp3) is 0.769. The van der Waals surface area contributed by atoms with Crippen molar-refractivity contribution in [1.29, 1.82) is 5.41 Å². The van der Waals surface area contributed by atoms with Crippen LogP contribution in [0.3, 0.4) is 0 Å². The summed E-state index contributed by atoms with van der Waals surface area (Å²) in [6, 6.07) is 0. The highest BCUT2D eigenvalue weighted by Gasteiger charge is 2.43. The Morgan fingerprint density at radius 1 is 1.21 bits per heavy atom. The van der Waals surface area contributed by atoms with Crippen LogP contribution in [0.15, 0.2) is 4.99 Å². The van der Waals surface area contributed by atoms with Crippen molar-refractivity contribution in [3.63, 3.8) is 0 Å². The first kappa shape index (κ1) is 13.8. The van der Waals surface area contributed by atoms with Crippen LogP contribution in [-0.2, 0) is 4.74 Å². The first-order valence-electron chi connectivity index (χ1n) is 6.58. The summed E-state index contributed by atoms with van der Waals surface area (Å²) in [5, 5.41) is 7.66. The molecular weight excluding hydrogens is 244 g/mol. The minimum atomic E-state index is -0.449. The molecule has 0 spiro atoms. The number of ether oxygens (including phenoxy) is 1. The van der Waals surface area contributed by atoms with Gasteiger partial charge in [0.2, 0.25) is 5.96 Å². The number of rotatable bonds is 0. The Kier molecular flexibility index (Phi) is 3.52. The highest BCUT2D eigenvalue weighted by Crippen LogP contribution is 2.31. The molecule has 6 nitrogen and oxygen atoms in total.